The molecule has 26 heavy (non-hydrogen) atoms. The molecule has 0 saturated carbocycles. The maximum Gasteiger partial charge on any atom is 0.451 e. The predicted molar refractivity (Wildman–Crippen MR) is 87.2 cm³/mol. The van der Waals surface area contributed by atoms with Gasteiger partial charge in [-0.1, -0.05) is 23.9 Å². The first-order valence-electron chi connectivity index (χ1n) is 7.27. The number of benzene rings is 1. The van der Waals surface area contributed by atoms with Crippen LogP contribution in [0.15, 0.2) is 34.2 Å². The van der Waals surface area contributed by atoms with Gasteiger partial charge in [0.05, 0.1) is 22.7 Å². The summed E-state index contributed by atoms with van der Waals surface area (Å²) in [5.74, 6) is -0.774. The summed E-state index contributed by atoms with van der Waals surface area (Å²) in [5.41, 5.74) is 0.0814. The zero-order chi connectivity index (χ0) is 18.9. The summed E-state index contributed by atoms with van der Waals surface area (Å²) in [7, 11) is 1.21. The van der Waals surface area contributed by atoms with E-state index in [1.54, 1.807) is 24.3 Å². The third kappa shape index (κ3) is 3.28. The lowest BCUT2D eigenvalue weighted by molar-refractivity contribution is -0.147. The molecule has 0 radical (unpaired) electrons. The Morgan fingerprint density at radius 3 is 2.65 bits per heavy atom. The molecule has 0 saturated heterocycles. The van der Waals surface area contributed by atoms with Crippen molar-refractivity contribution in [3.63, 3.8) is 0 Å². The van der Waals surface area contributed by atoms with E-state index < -0.39 is 12.0 Å². The first-order chi connectivity index (χ1) is 12.3. The Balaban J connectivity index is 1.97. The van der Waals surface area contributed by atoms with Crippen LogP contribution in [-0.4, -0.2) is 24.3 Å². The Hall–Kier alpha value is -2.87. The molecule has 2 aromatic heterocycles. The van der Waals surface area contributed by atoms with Crippen LogP contribution >= 0.6 is 11.8 Å². The van der Waals surface area contributed by atoms with Crippen LogP contribution in [-0.2, 0) is 25.5 Å². The van der Waals surface area contributed by atoms with Crippen LogP contribution in [0.25, 0.3) is 10.9 Å². The van der Waals surface area contributed by atoms with Gasteiger partial charge in [0.1, 0.15) is 12.4 Å². The number of nitriles is 1. The van der Waals surface area contributed by atoms with Gasteiger partial charge in [-0.3, -0.25) is 9.36 Å². The van der Waals surface area contributed by atoms with E-state index in [4.69, 9.17) is 5.26 Å². The fourth-order valence-electron chi connectivity index (χ4n) is 2.37. The second kappa shape index (κ2) is 6.80. The molecule has 1 aromatic carbocycles. The van der Waals surface area contributed by atoms with E-state index in [9.17, 15) is 18.0 Å². The van der Waals surface area contributed by atoms with Crippen LogP contribution in [0.3, 0.4) is 0 Å². The number of hydrogen-bond acceptors (Lipinski definition) is 6. The minimum atomic E-state index is -4.61. The summed E-state index contributed by atoms with van der Waals surface area (Å²) in [4.78, 5) is 16.9. The Bertz CT molecular complexity index is 1070. The minimum absolute atomic E-state index is 0.0308. The number of hydrogen-bond donors (Lipinski definition) is 0. The van der Waals surface area contributed by atoms with E-state index in [0.717, 1.165) is 16.3 Å². The van der Waals surface area contributed by atoms with E-state index in [2.05, 4.69) is 15.2 Å². The predicted octanol–water partition coefficient (Wildman–Crippen LogP) is 2.36. The van der Waals surface area contributed by atoms with Gasteiger partial charge in [0.15, 0.2) is 5.16 Å². The van der Waals surface area contributed by atoms with Gasteiger partial charge in [-0.05, 0) is 12.1 Å². The topological polar surface area (TPSA) is 89.4 Å². The average Bonchev–Trinajstić information content (AvgIpc) is 2.97. The van der Waals surface area contributed by atoms with Crippen LogP contribution in [0.1, 0.15) is 11.6 Å². The highest BCUT2D eigenvalue weighted by atomic mass is 32.2. The number of alkyl halides is 3. The maximum atomic E-state index is 12.8. The van der Waals surface area contributed by atoms with Crippen molar-refractivity contribution in [3.8, 4) is 6.07 Å². The summed E-state index contributed by atoms with van der Waals surface area (Å²) in [6.45, 7) is -0.209. The normalized spacial score (nSPS) is 11.7. The standard InChI is InChI=1S/C15H11F3N6OS/c1-23-13(15(16,17)18)21-22-14(23)26-8-11-20-10-5-3-2-4-9(10)12(25)24(11)7-6-19/h2-5H,7-8H2,1H3. The van der Waals surface area contributed by atoms with E-state index in [-0.39, 0.29) is 28.8 Å². The highest BCUT2D eigenvalue weighted by molar-refractivity contribution is 7.98. The Morgan fingerprint density at radius 1 is 1.27 bits per heavy atom. The molecule has 11 heteroatoms. The van der Waals surface area contributed by atoms with Crippen molar-refractivity contribution in [1.29, 1.82) is 5.26 Å². The zero-order valence-corrected chi connectivity index (χ0v) is 14.2. The summed E-state index contributed by atoms with van der Waals surface area (Å²) < 4.78 is 40.4. The molecular formula is C15H11F3N6OS. The average molecular weight is 380 g/mol. The fourth-order valence-corrected chi connectivity index (χ4v) is 3.23. The number of fused-ring (bicyclic) bond motifs is 1. The summed E-state index contributed by atoms with van der Waals surface area (Å²) in [6.07, 6.45) is -4.61. The van der Waals surface area contributed by atoms with E-state index in [0.29, 0.717) is 10.9 Å². The lowest BCUT2D eigenvalue weighted by Crippen LogP contribution is -2.24. The molecule has 0 atom stereocenters. The molecule has 0 fully saturated rings. The third-order valence-corrected chi connectivity index (χ3v) is 4.60. The molecule has 2 heterocycles. The van der Waals surface area contributed by atoms with Crippen molar-refractivity contribution in [3.05, 3.63) is 46.3 Å². The highest BCUT2D eigenvalue weighted by Gasteiger charge is 2.37. The highest BCUT2D eigenvalue weighted by Crippen LogP contribution is 2.30. The van der Waals surface area contributed by atoms with Gasteiger partial charge in [-0.2, -0.15) is 18.4 Å². The zero-order valence-electron chi connectivity index (χ0n) is 13.4. The van der Waals surface area contributed by atoms with Gasteiger partial charge in [0.2, 0.25) is 5.82 Å². The Morgan fingerprint density at radius 2 is 2.00 bits per heavy atom. The van der Waals surface area contributed by atoms with Gasteiger partial charge in [-0.25, -0.2) is 4.98 Å². The van der Waals surface area contributed by atoms with Crippen molar-refractivity contribution in [1.82, 2.24) is 24.3 Å². The van der Waals surface area contributed by atoms with E-state index >= 15 is 0 Å². The van der Waals surface area contributed by atoms with Crippen LogP contribution < -0.4 is 5.56 Å². The molecule has 0 amide bonds. The summed E-state index contributed by atoms with van der Waals surface area (Å²) >= 11 is 0.952. The SMILES string of the molecule is Cn1c(SCc2nc3ccccc3c(=O)n2CC#N)nnc1C(F)(F)F. The van der Waals surface area contributed by atoms with E-state index in [1.165, 1.54) is 11.6 Å². The smallest absolute Gasteiger partial charge is 0.302 e. The first kappa shape index (κ1) is 17.9. The van der Waals surface area contributed by atoms with E-state index in [1.807, 2.05) is 6.07 Å². The number of rotatable bonds is 4. The molecule has 0 unspecified atom stereocenters. The number of halogens is 3. The Labute approximate surface area is 149 Å². The van der Waals surface area contributed by atoms with Crippen LogP contribution in [0.2, 0.25) is 0 Å². The fraction of sp³-hybridized carbons (Fsp3) is 0.267. The molecule has 3 rings (SSSR count). The van der Waals surface area contributed by atoms with Gasteiger partial charge in [0, 0.05) is 7.05 Å². The maximum absolute atomic E-state index is 12.8. The van der Waals surface area contributed by atoms with Crippen LogP contribution in [0.5, 0.6) is 0 Å². The second-order valence-corrected chi connectivity index (χ2v) is 6.19. The lowest BCUT2D eigenvalue weighted by atomic mass is 10.2. The van der Waals surface area contributed by atoms with Crippen LogP contribution in [0.4, 0.5) is 13.2 Å². The van der Waals surface area contributed by atoms with Crippen molar-refractivity contribution in [2.75, 3.05) is 0 Å². The van der Waals surface area contributed by atoms with Crippen LogP contribution in [0, 0.1) is 11.3 Å². The van der Waals surface area contributed by atoms with Gasteiger partial charge >= 0.3 is 6.18 Å². The number of nitrogens with zero attached hydrogens (tertiary/aromatic N) is 6. The monoisotopic (exact) mass is 380 g/mol. The minimum Gasteiger partial charge on any atom is -0.302 e. The molecular weight excluding hydrogens is 369 g/mol. The van der Waals surface area contributed by atoms with Crippen molar-refractivity contribution < 1.29 is 13.2 Å². The quantitative estimate of drug-likeness (QED) is 0.646. The second-order valence-electron chi connectivity index (χ2n) is 5.25. The molecule has 0 aliphatic carbocycles. The Kier molecular flexibility index (Phi) is 4.69. The van der Waals surface area contributed by atoms with Crippen molar-refractivity contribution in [2.24, 2.45) is 7.05 Å². The van der Waals surface area contributed by atoms with Crippen molar-refractivity contribution >= 4 is 22.7 Å². The summed E-state index contributed by atoms with van der Waals surface area (Å²) in [5, 5.41) is 16.1. The van der Waals surface area contributed by atoms with Gasteiger partial charge in [0.25, 0.3) is 5.56 Å². The van der Waals surface area contributed by atoms with Gasteiger partial charge in [-0.15, -0.1) is 10.2 Å². The number of aromatic nitrogens is 5. The first-order valence-corrected chi connectivity index (χ1v) is 8.26. The third-order valence-electron chi connectivity index (χ3n) is 3.59. The molecule has 0 aliphatic rings. The molecule has 0 spiro atoms. The molecule has 3 aromatic rings. The molecule has 134 valence electrons. The number of thioether (sulfide) groups is 1. The largest absolute Gasteiger partial charge is 0.451 e. The molecule has 0 aliphatic heterocycles. The molecule has 7 nitrogen and oxygen atoms in total. The van der Waals surface area contributed by atoms with Gasteiger partial charge < -0.3 is 4.57 Å². The lowest BCUT2D eigenvalue weighted by Gasteiger charge is -2.10. The molecule has 0 bridgehead atoms. The molecule has 0 N–H and O–H groups in total. The number of para-hydroxylation sites is 1. The summed E-state index contributed by atoms with van der Waals surface area (Å²) in [6, 6.07) is 8.57. The van der Waals surface area contributed by atoms with Crippen molar-refractivity contribution in [2.45, 2.75) is 23.6 Å².